The van der Waals surface area contributed by atoms with E-state index in [4.69, 9.17) is 5.11 Å². The number of benzene rings is 1. The average molecular weight is 304 g/mol. The summed E-state index contributed by atoms with van der Waals surface area (Å²) < 4.78 is 0. The summed E-state index contributed by atoms with van der Waals surface area (Å²) >= 11 is 0. The molecule has 1 fully saturated rings. The number of rotatable bonds is 3. The summed E-state index contributed by atoms with van der Waals surface area (Å²) in [5, 5.41) is 9.12. The molecule has 6 heteroatoms. The topological polar surface area (TPSA) is 77.9 Å². The summed E-state index contributed by atoms with van der Waals surface area (Å²) in [6.07, 6.45) is 0. The molecule has 1 aliphatic rings. The van der Waals surface area contributed by atoms with Crippen molar-refractivity contribution in [3.63, 3.8) is 0 Å². The maximum Gasteiger partial charge on any atom is 0.308 e. The number of carbonyl (C=O) groups excluding carboxylic acids is 2. The van der Waals surface area contributed by atoms with Crippen molar-refractivity contribution in [2.45, 2.75) is 6.92 Å². The van der Waals surface area contributed by atoms with Gasteiger partial charge in [0, 0.05) is 38.3 Å². The Morgan fingerprint density at radius 2 is 1.64 bits per heavy atom. The Kier molecular flexibility index (Phi) is 4.49. The van der Waals surface area contributed by atoms with E-state index < -0.39 is 11.9 Å². The van der Waals surface area contributed by atoms with Crippen molar-refractivity contribution in [3.05, 3.63) is 35.4 Å². The molecular formula is C16H20N2O4. The highest BCUT2D eigenvalue weighted by Gasteiger charge is 2.37. The lowest BCUT2D eigenvalue weighted by Gasteiger charge is -2.16. The SMILES string of the molecule is C[C@@H]1CN(C(=O)c2ccc(C(=O)N(C)C)cc2)C[C@H]1C(=O)O. The maximum absolute atomic E-state index is 12.4. The van der Waals surface area contributed by atoms with Gasteiger partial charge in [-0.3, -0.25) is 14.4 Å². The Bertz CT molecular complexity index is 595. The maximum atomic E-state index is 12.4. The fourth-order valence-electron chi connectivity index (χ4n) is 2.65. The van der Waals surface area contributed by atoms with E-state index in [-0.39, 0.29) is 24.3 Å². The number of carboxylic acid groups (broad SMARTS) is 1. The Labute approximate surface area is 129 Å². The largest absolute Gasteiger partial charge is 0.481 e. The van der Waals surface area contributed by atoms with Crippen molar-refractivity contribution in [3.8, 4) is 0 Å². The van der Waals surface area contributed by atoms with Crippen molar-refractivity contribution in [1.29, 1.82) is 0 Å². The van der Waals surface area contributed by atoms with Gasteiger partial charge >= 0.3 is 5.97 Å². The van der Waals surface area contributed by atoms with Crippen LogP contribution in [-0.4, -0.2) is 59.9 Å². The number of amides is 2. The molecule has 1 aliphatic heterocycles. The second-order valence-electron chi connectivity index (χ2n) is 5.91. The van der Waals surface area contributed by atoms with Crippen LogP contribution in [0, 0.1) is 11.8 Å². The van der Waals surface area contributed by atoms with Gasteiger partial charge in [0.05, 0.1) is 5.92 Å². The van der Waals surface area contributed by atoms with Crippen molar-refractivity contribution in [1.82, 2.24) is 9.80 Å². The van der Waals surface area contributed by atoms with E-state index in [0.29, 0.717) is 17.7 Å². The summed E-state index contributed by atoms with van der Waals surface area (Å²) in [7, 11) is 3.33. The molecule has 1 saturated heterocycles. The molecule has 6 nitrogen and oxygen atoms in total. The van der Waals surface area contributed by atoms with Crippen molar-refractivity contribution in [2.75, 3.05) is 27.2 Å². The lowest BCUT2D eigenvalue weighted by atomic mass is 9.99. The number of nitrogens with zero attached hydrogens (tertiary/aromatic N) is 2. The lowest BCUT2D eigenvalue weighted by Crippen LogP contribution is -2.30. The van der Waals surface area contributed by atoms with Gasteiger partial charge < -0.3 is 14.9 Å². The lowest BCUT2D eigenvalue weighted by molar-refractivity contribution is -0.142. The van der Waals surface area contributed by atoms with E-state index in [0.717, 1.165) is 0 Å². The van der Waals surface area contributed by atoms with Gasteiger partial charge in [-0.05, 0) is 30.2 Å². The van der Waals surface area contributed by atoms with Crippen molar-refractivity contribution < 1.29 is 19.5 Å². The molecule has 1 aromatic rings. The van der Waals surface area contributed by atoms with Crippen LogP contribution in [0.4, 0.5) is 0 Å². The molecule has 118 valence electrons. The van der Waals surface area contributed by atoms with E-state index >= 15 is 0 Å². The first-order chi connectivity index (χ1) is 10.3. The summed E-state index contributed by atoms with van der Waals surface area (Å²) in [4.78, 5) is 38.4. The molecule has 0 aliphatic carbocycles. The van der Waals surface area contributed by atoms with Crippen LogP contribution < -0.4 is 0 Å². The summed E-state index contributed by atoms with van der Waals surface area (Å²) in [6, 6.07) is 6.45. The number of carbonyl (C=O) groups is 3. The van der Waals surface area contributed by atoms with Gasteiger partial charge in [-0.15, -0.1) is 0 Å². The van der Waals surface area contributed by atoms with Gasteiger partial charge in [0.15, 0.2) is 0 Å². The van der Waals surface area contributed by atoms with Gasteiger partial charge in [-0.1, -0.05) is 6.92 Å². The minimum absolute atomic E-state index is 0.0592. The molecule has 2 amide bonds. The van der Waals surface area contributed by atoms with Crippen LogP contribution >= 0.6 is 0 Å². The quantitative estimate of drug-likeness (QED) is 0.909. The first kappa shape index (κ1) is 16.0. The van der Waals surface area contributed by atoms with Crippen LogP contribution in [-0.2, 0) is 4.79 Å². The molecule has 0 saturated carbocycles. The fourth-order valence-corrected chi connectivity index (χ4v) is 2.65. The third-order valence-corrected chi connectivity index (χ3v) is 4.00. The standard InChI is InChI=1S/C16H20N2O4/c1-10-8-18(9-13(10)16(21)22)15(20)12-6-4-11(5-7-12)14(19)17(2)3/h4-7,10,13H,8-9H2,1-3H3,(H,21,22)/t10-,13-/m1/s1. The van der Waals surface area contributed by atoms with E-state index in [1.165, 1.54) is 4.90 Å². The molecule has 0 bridgehead atoms. The number of hydrogen-bond acceptors (Lipinski definition) is 3. The Balaban J connectivity index is 2.11. The molecule has 1 N–H and O–H groups in total. The predicted octanol–water partition coefficient (Wildman–Crippen LogP) is 1.18. The minimum atomic E-state index is -0.866. The molecule has 0 spiro atoms. The highest BCUT2D eigenvalue weighted by molar-refractivity contribution is 5.98. The van der Waals surface area contributed by atoms with Gasteiger partial charge in [-0.25, -0.2) is 0 Å². The molecule has 2 atom stereocenters. The zero-order valence-electron chi connectivity index (χ0n) is 12.9. The Morgan fingerprint density at radius 3 is 2.09 bits per heavy atom. The predicted molar refractivity (Wildman–Crippen MR) is 80.7 cm³/mol. The molecule has 22 heavy (non-hydrogen) atoms. The fraction of sp³-hybridized carbons (Fsp3) is 0.438. The number of likely N-dealkylation sites (tertiary alicyclic amines) is 1. The first-order valence-corrected chi connectivity index (χ1v) is 7.15. The van der Waals surface area contributed by atoms with E-state index in [1.54, 1.807) is 43.3 Å². The Morgan fingerprint density at radius 1 is 1.09 bits per heavy atom. The van der Waals surface area contributed by atoms with Gasteiger partial charge in [0.25, 0.3) is 11.8 Å². The number of aliphatic carboxylic acids is 1. The number of hydrogen-bond donors (Lipinski definition) is 1. The molecule has 0 unspecified atom stereocenters. The zero-order chi connectivity index (χ0) is 16.4. The molecule has 0 radical (unpaired) electrons. The molecule has 1 aromatic carbocycles. The van der Waals surface area contributed by atoms with E-state index in [2.05, 4.69) is 0 Å². The second-order valence-corrected chi connectivity index (χ2v) is 5.91. The molecule has 2 rings (SSSR count). The van der Waals surface area contributed by atoms with Crippen LogP contribution in [0.2, 0.25) is 0 Å². The van der Waals surface area contributed by atoms with Crippen LogP contribution in [0.3, 0.4) is 0 Å². The zero-order valence-corrected chi connectivity index (χ0v) is 12.9. The monoisotopic (exact) mass is 304 g/mol. The highest BCUT2D eigenvalue weighted by atomic mass is 16.4. The first-order valence-electron chi connectivity index (χ1n) is 7.15. The highest BCUT2D eigenvalue weighted by Crippen LogP contribution is 2.24. The van der Waals surface area contributed by atoms with E-state index in [9.17, 15) is 14.4 Å². The van der Waals surface area contributed by atoms with Crippen LogP contribution in [0.25, 0.3) is 0 Å². The number of carboxylic acids is 1. The minimum Gasteiger partial charge on any atom is -0.481 e. The summed E-state index contributed by atoms with van der Waals surface area (Å²) in [5.74, 6) is -1.76. The van der Waals surface area contributed by atoms with Crippen molar-refractivity contribution >= 4 is 17.8 Å². The van der Waals surface area contributed by atoms with E-state index in [1.807, 2.05) is 6.92 Å². The molecular weight excluding hydrogens is 284 g/mol. The summed E-state index contributed by atoms with van der Waals surface area (Å²) in [5.41, 5.74) is 0.980. The van der Waals surface area contributed by atoms with Gasteiger partial charge in [-0.2, -0.15) is 0 Å². The van der Waals surface area contributed by atoms with Crippen LogP contribution in [0.15, 0.2) is 24.3 Å². The van der Waals surface area contributed by atoms with Crippen LogP contribution in [0.5, 0.6) is 0 Å². The van der Waals surface area contributed by atoms with Crippen molar-refractivity contribution in [2.24, 2.45) is 11.8 Å². The van der Waals surface area contributed by atoms with Crippen LogP contribution in [0.1, 0.15) is 27.6 Å². The normalized spacial score (nSPS) is 20.8. The third kappa shape index (κ3) is 3.10. The average Bonchev–Trinajstić information content (AvgIpc) is 2.88. The Hall–Kier alpha value is -2.37. The van der Waals surface area contributed by atoms with Gasteiger partial charge in [0.2, 0.25) is 0 Å². The molecule has 0 aromatic heterocycles. The molecule has 1 heterocycles. The van der Waals surface area contributed by atoms with Gasteiger partial charge in [0.1, 0.15) is 0 Å². The third-order valence-electron chi connectivity index (χ3n) is 4.00. The second kappa shape index (κ2) is 6.17. The summed E-state index contributed by atoms with van der Waals surface area (Å²) in [6.45, 7) is 2.51. The smallest absolute Gasteiger partial charge is 0.308 e.